The van der Waals surface area contributed by atoms with Crippen molar-refractivity contribution in [3.63, 3.8) is 0 Å². The smallest absolute Gasteiger partial charge is 0.214 e. The Morgan fingerprint density at radius 3 is 2.38 bits per heavy atom. The third-order valence-corrected chi connectivity index (χ3v) is 3.05. The molecule has 4 nitrogen and oxygen atoms in total. The minimum atomic E-state index is -0.662. The third kappa shape index (κ3) is 2.74. The molecule has 0 aromatic heterocycles. The summed E-state index contributed by atoms with van der Waals surface area (Å²) in [5, 5.41) is 10.0. The van der Waals surface area contributed by atoms with Gasteiger partial charge in [0.25, 0.3) is 0 Å². The molecule has 0 saturated carbocycles. The van der Waals surface area contributed by atoms with Gasteiger partial charge in [-0.15, -0.1) is 0 Å². The topological polar surface area (TPSA) is 51.0 Å². The van der Waals surface area contributed by atoms with Gasteiger partial charge in [0.2, 0.25) is 5.90 Å². The van der Waals surface area contributed by atoms with Gasteiger partial charge in [0.05, 0.1) is 5.60 Å². The molecule has 1 N–H and O–H groups in total. The van der Waals surface area contributed by atoms with Crippen LogP contribution in [0.4, 0.5) is 0 Å². The molecule has 0 unspecified atom stereocenters. The Kier molecular flexibility index (Phi) is 3.65. The molecule has 0 aromatic carbocycles. The van der Waals surface area contributed by atoms with Gasteiger partial charge in [-0.1, -0.05) is 20.8 Å². The fraction of sp³-hybridized carbons (Fsp3) is 0.917. The number of aliphatic hydroxyl groups excluding tert-OH is 1. The first-order valence-corrected chi connectivity index (χ1v) is 5.62. The second kappa shape index (κ2) is 4.34. The maximum Gasteiger partial charge on any atom is 0.214 e. The lowest BCUT2D eigenvalue weighted by Crippen LogP contribution is -2.37. The summed E-state index contributed by atoms with van der Waals surface area (Å²) in [6.45, 7) is 10.3. The van der Waals surface area contributed by atoms with Crippen molar-refractivity contribution in [3.05, 3.63) is 0 Å². The lowest BCUT2D eigenvalue weighted by molar-refractivity contribution is -0.00488. The number of hydrogen-bond acceptors (Lipinski definition) is 4. The summed E-state index contributed by atoms with van der Waals surface area (Å²) in [5.74, 6) is 0.433. The summed E-state index contributed by atoms with van der Waals surface area (Å²) in [6, 6.07) is -0.0514. The molecular weight excluding hydrogens is 206 g/mol. The van der Waals surface area contributed by atoms with Gasteiger partial charge in [-0.2, -0.15) is 0 Å². The maximum absolute atomic E-state index is 10.0. The summed E-state index contributed by atoms with van der Waals surface area (Å²) < 4.78 is 10.8. The van der Waals surface area contributed by atoms with Gasteiger partial charge in [0.1, 0.15) is 18.8 Å². The third-order valence-electron chi connectivity index (χ3n) is 3.05. The van der Waals surface area contributed by atoms with E-state index in [9.17, 15) is 5.11 Å². The Balaban J connectivity index is 2.77. The zero-order valence-electron chi connectivity index (χ0n) is 11.1. The van der Waals surface area contributed by atoms with Crippen molar-refractivity contribution in [1.82, 2.24) is 0 Å². The molecule has 0 saturated heterocycles. The molecule has 2 atom stereocenters. The van der Waals surface area contributed by atoms with Crippen molar-refractivity contribution in [3.8, 4) is 0 Å². The number of rotatable bonds is 3. The van der Waals surface area contributed by atoms with E-state index in [2.05, 4.69) is 4.99 Å². The van der Waals surface area contributed by atoms with Gasteiger partial charge in [-0.3, -0.25) is 0 Å². The van der Waals surface area contributed by atoms with Gasteiger partial charge < -0.3 is 14.6 Å². The predicted molar refractivity (Wildman–Crippen MR) is 63.7 cm³/mol. The summed E-state index contributed by atoms with van der Waals surface area (Å²) in [7, 11) is 1.66. The summed E-state index contributed by atoms with van der Waals surface area (Å²) in [6.07, 6.45) is -0.662. The summed E-state index contributed by atoms with van der Waals surface area (Å²) in [4.78, 5) is 4.42. The molecule has 1 aliphatic rings. The van der Waals surface area contributed by atoms with Crippen LogP contribution >= 0.6 is 0 Å². The Morgan fingerprint density at radius 1 is 1.38 bits per heavy atom. The number of hydrogen-bond donors (Lipinski definition) is 1. The fourth-order valence-corrected chi connectivity index (χ4v) is 1.40. The van der Waals surface area contributed by atoms with E-state index in [0.717, 1.165) is 0 Å². The van der Waals surface area contributed by atoms with Crippen LogP contribution in [0, 0.1) is 5.41 Å². The first-order valence-electron chi connectivity index (χ1n) is 5.62. The SMILES string of the molecule is COC(C)(C)[C@@H]1COC([C@H](O)C(C)(C)C)=N1. The van der Waals surface area contributed by atoms with Crippen LogP contribution in [0.3, 0.4) is 0 Å². The second-order valence-corrected chi connectivity index (χ2v) is 5.87. The zero-order chi connectivity index (χ0) is 12.6. The standard InChI is InChI=1S/C12H23NO3/c1-11(2,3)9(14)10-13-8(7-16-10)12(4,5)15-6/h8-9,14H,7H2,1-6H3/t8-,9-/m0/s1. The quantitative estimate of drug-likeness (QED) is 0.800. The number of aliphatic imine (C=N–C) groups is 1. The van der Waals surface area contributed by atoms with E-state index in [1.807, 2.05) is 34.6 Å². The van der Waals surface area contributed by atoms with Crippen LogP contribution in [-0.4, -0.2) is 42.5 Å². The molecule has 0 fully saturated rings. The predicted octanol–water partition coefficient (Wildman–Crippen LogP) is 1.62. The lowest BCUT2D eigenvalue weighted by Gasteiger charge is -2.26. The number of aliphatic hydroxyl groups is 1. The van der Waals surface area contributed by atoms with E-state index < -0.39 is 6.10 Å². The van der Waals surface area contributed by atoms with Crippen molar-refractivity contribution < 1.29 is 14.6 Å². The number of nitrogens with zero attached hydrogens (tertiary/aromatic N) is 1. The Morgan fingerprint density at radius 2 is 1.94 bits per heavy atom. The monoisotopic (exact) mass is 229 g/mol. The molecule has 0 spiro atoms. The van der Waals surface area contributed by atoms with E-state index in [-0.39, 0.29) is 17.1 Å². The van der Waals surface area contributed by atoms with Crippen LogP contribution in [0.2, 0.25) is 0 Å². The van der Waals surface area contributed by atoms with Crippen LogP contribution in [-0.2, 0) is 9.47 Å². The zero-order valence-corrected chi connectivity index (χ0v) is 11.1. The minimum Gasteiger partial charge on any atom is -0.477 e. The highest BCUT2D eigenvalue weighted by Crippen LogP contribution is 2.27. The van der Waals surface area contributed by atoms with Crippen molar-refractivity contribution in [1.29, 1.82) is 0 Å². The average molecular weight is 229 g/mol. The Bertz CT molecular complexity index is 278. The molecule has 0 aromatic rings. The molecule has 0 amide bonds. The van der Waals surface area contributed by atoms with Crippen LogP contribution in [0.15, 0.2) is 4.99 Å². The minimum absolute atomic E-state index is 0.0514. The molecule has 4 heteroatoms. The lowest BCUT2D eigenvalue weighted by atomic mass is 9.89. The maximum atomic E-state index is 10.0. The van der Waals surface area contributed by atoms with Crippen LogP contribution in [0.25, 0.3) is 0 Å². The van der Waals surface area contributed by atoms with E-state index in [4.69, 9.17) is 9.47 Å². The summed E-state index contributed by atoms with van der Waals surface area (Å²) in [5.41, 5.74) is -0.621. The van der Waals surface area contributed by atoms with E-state index in [0.29, 0.717) is 12.5 Å². The molecule has 0 bridgehead atoms. The highest BCUT2D eigenvalue weighted by Gasteiger charge is 2.38. The molecule has 1 rings (SSSR count). The average Bonchev–Trinajstić information content (AvgIpc) is 2.64. The molecule has 0 radical (unpaired) electrons. The Labute approximate surface area is 97.7 Å². The van der Waals surface area contributed by atoms with E-state index in [1.165, 1.54) is 0 Å². The number of methoxy groups -OCH3 is 1. The Hall–Kier alpha value is -0.610. The fourth-order valence-electron chi connectivity index (χ4n) is 1.40. The molecule has 0 aliphatic carbocycles. The van der Waals surface area contributed by atoms with Crippen LogP contribution in [0.5, 0.6) is 0 Å². The van der Waals surface area contributed by atoms with Gasteiger partial charge in [0, 0.05) is 7.11 Å². The normalized spacial score (nSPS) is 23.9. The largest absolute Gasteiger partial charge is 0.477 e. The number of ether oxygens (including phenoxy) is 2. The highest BCUT2D eigenvalue weighted by atomic mass is 16.5. The second-order valence-electron chi connectivity index (χ2n) is 5.87. The van der Waals surface area contributed by atoms with Gasteiger partial charge >= 0.3 is 0 Å². The van der Waals surface area contributed by atoms with E-state index in [1.54, 1.807) is 7.11 Å². The highest BCUT2D eigenvalue weighted by molar-refractivity contribution is 5.83. The summed E-state index contributed by atoms with van der Waals surface area (Å²) >= 11 is 0. The van der Waals surface area contributed by atoms with Gasteiger partial charge in [0.15, 0.2) is 0 Å². The van der Waals surface area contributed by atoms with Crippen molar-refractivity contribution in [2.24, 2.45) is 10.4 Å². The van der Waals surface area contributed by atoms with Crippen molar-refractivity contribution in [2.45, 2.75) is 52.4 Å². The molecular formula is C12H23NO3. The first kappa shape index (κ1) is 13.5. The van der Waals surface area contributed by atoms with Crippen molar-refractivity contribution >= 4 is 5.90 Å². The molecule has 1 heterocycles. The first-order chi connectivity index (χ1) is 7.18. The van der Waals surface area contributed by atoms with Gasteiger partial charge in [-0.25, -0.2) is 4.99 Å². The molecule has 1 aliphatic heterocycles. The molecule has 16 heavy (non-hydrogen) atoms. The van der Waals surface area contributed by atoms with Crippen LogP contribution in [0.1, 0.15) is 34.6 Å². The molecule has 94 valence electrons. The van der Waals surface area contributed by atoms with Crippen molar-refractivity contribution in [2.75, 3.05) is 13.7 Å². The van der Waals surface area contributed by atoms with Gasteiger partial charge in [-0.05, 0) is 19.3 Å². The van der Waals surface area contributed by atoms with Crippen LogP contribution < -0.4 is 0 Å². The van der Waals surface area contributed by atoms with E-state index >= 15 is 0 Å².